The molecule has 0 saturated carbocycles. The highest BCUT2D eigenvalue weighted by molar-refractivity contribution is 14.1. The van der Waals surface area contributed by atoms with E-state index in [0.717, 1.165) is 5.52 Å². The topological polar surface area (TPSA) is 48.5 Å². The number of alkyl halides is 1. The molecule has 0 aliphatic heterocycles. The lowest BCUT2D eigenvalue weighted by Gasteiger charge is -2.08. The molecule has 2 heterocycles. The number of nitrogens with zero attached hydrogens (tertiary/aromatic N) is 5. The molecule has 0 spiro atoms. The van der Waals surface area contributed by atoms with Gasteiger partial charge in [0.1, 0.15) is 18.0 Å². The number of hydrogen-bond acceptors (Lipinski definition) is 3. The smallest absolute Gasteiger partial charge is 0.170 e. The summed E-state index contributed by atoms with van der Waals surface area (Å²) in [7, 11) is 1.80. The third kappa shape index (κ3) is 2.76. The first kappa shape index (κ1) is 14.7. The van der Waals surface area contributed by atoms with Crippen molar-refractivity contribution >= 4 is 45.2 Å². The lowest BCUT2D eigenvalue weighted by Crippen LogP contribution is -2.07. The van der Waals surface area contributed by atoms with E-state index in [1.807, 2.05) is 34.1 Å². The fraction of sp³-hybridized carbons (Fsp3) is 0.308. The highest BCUT2D eigenvalue weighted by Crippen LogP contribution is 2.27. The third-order valence-electron chi connectivity index (χ3n) is 3.12. The molecule has 0 radical (unpaired) electrons. The minimum atomic E-state index is -0.290. The summed E-state index contributed by atoms with van der Waals surface area (Å²) in [4.78, 5) is 8.72. The summed E-state index contributed by atoms with van der Waals surface area (Å²) in [5.41, 5.74) is 1.42. The molecular weight excluding hydrogens is 408 g/mol. The predicted octanol–water partition coefficient (Wildman–Crippen LogP) is 3.26. The second-order valence-corrected chi connectivity index (χ2v) is 6.58. The van der Waals surface area contributed by atoms with E-state index in [-0.39, 0.29) is 11.2 Å². The lowest BCUT2D eigenvalue weighted by molar-refractivity contribution is 0.620. The summed E-state index contributed by atoms with van der Waals surface area (Å²) in [6.07, 6.45) is 1.63. The fourth-order valence-electron chi connectivity index (χ4n) is 2.21. The number of hydrogen-bond donors (Lipinski definition) is 0. The molecule has 0 aliphatic rings. The van der Waals surface area contributed by atoms with Gasteiger partial charge in [0.05, 0.1) is 26.5 Å². The monoisotopic (exact) mass is 419 g/mol. The van der Waals surface area contributed by atoms with Gasteiger partial charge in [0.15, 0.2) is 5.82 Å². The van der Waals surface area contributed by atoms with Crippen molar-refractivity contribution in [1.82, 2.24) is 24.3 Å². The Hall–Kier alpha value is -1.22. The molecule has 0 aliphatic carbocycles. The van der Waals surface area contributed by atoms with Gasteiger partial charge in [-0.2, -0.15) is 5.10 Å². The first-order valence-corrected chi connectivity index (χ1v) is 7.81. The van der Waals surface area contributed by atoms with E-state index in [1.165, 1.54) is 6.07 Å². The summed E-state index contributed by atoms with van der Waals surface area (Å²) < 4.78 is 17.9. The second-order valence-electron chi connectivity index (χ2n) is 4.76. The second kappa shape index (κ2) is 5.53. The molecule has 8 heteroatoms. The van der Waals surface area contributed by atoms with Crippen LogP contribution in [0.3, 0.4) is 0 Å². The van der Waals surface area contributed by atoms with Crippen molar-refractivity contribution in [2.24, 2.45) is 7.05 Å². The van der Waals surface area contributed by atoms with Crippen molar-refractivity contribution in [3.05, 3.63) is 39.5 Å². The van der Waals surface area contributed by atoms with Crippen LogP contribution in [0.4, 0.5) is 4.39 Å². The number of aromatic nitrogens is 5. The van der Waals surface area contributed by atoms with Gasteiger partial charge in [-0.05, 0) is 35.6 Å². The van der Waals surface area contributed by atoms with Crippen LogP contribution in [0.15, 0.2) is 18.5 Å². The Kier molecular flexibility index (Phi) is 3.87. The Bertz CT molecular complexity index is 810. The van der Waals surface area contributed by atoms with Crippen LogP contribution in [-0.4, -0.2) is 24.3 Å². The number of halogens is 3. The van der Waals surface area contributed by atoms with Gasteiger partial charge in [0.2, 0.25) is 0 Å². The minimum Gasteiger partial charge on any atom is -0.319 e. The van der Waals surface area contributed by atoms with Crippen LogP contribution in [0.1, 0.15) is 23.9 Å². The molecule has 0 saturated heterocycles. The summed E-state index contributed by atoms with van der Waals surface area (Å²) in [5.74, 6) is 1.04. The number of benzene rings is 1. The van der Waals surface area contributed by atoms with Gasteiger partial charge >= 0.3 is 0 Å². The Morgan fingerprint density at radius 2 is 2.19 bits per heavy atom. The van der Waals surface area contributed by atoms with Gasteiger partial charge in [-0.25, -0.2) is 14.4 Å². The average Bonchev–Trinajstić information content (AvgIpc) is 2.96. The molecule has 3 rings (SSSR count). The van der Waals surface area contributed by atoms with E-state index in [2.05, 4.69) is 15.1 Å². The number of imidazole rings is 1. The maximum Gasteiger partial charge on any atom is 0.170 e. The molecule has 0 fully saturated rings. The summed E-state index contributed by atoms with van der Waals surface area (Å²) >= 11 is 8.16. The average molecular weight is 420 g/mol. The summed E-state index contributed by atoms with van der Waals surface area (Å²) in [5, 5.41) is 3.96. The highest BCUT2D eigenvalue weighted by Gasteiger charge is 2.18. The zero-order valence-corrected chi connectivity index (χ0v) is 14.3. The van der Waals surface area contributed by atoms with Crippen LogP contribution < -0.4 is 0 Å². The first-order valence-electron chi connectivity index (χ1n) is 6.29. The zero-order chi connectivity index (χ0) is 15.1. The molecule has 5 nitrogen and oxygen atoms in total. The van der Waals surface area contributed by atoms with Crippen molar-refractivity contribution in [1.29, 1.82) is 0 Å². The molecule has 0 N–H and O–H groups in total. The minimum absolute atomic E-state index is 0.271. The van der Waals surface area contributed by atoms with Crippen LogP contribution in [0, 0.1) is 9.39 Å². The molecule has 1 unspecified atom stereocenters. The summed E-state index contributed by atoms with van der Waals surface area (Å²) in [6.45, 7) is 2.25. The molecule has 1 aromatic carbocycles. The molecule has 0 bridgehead atoms. The molecule has 21 heavy (non-hydrogen) atoms. The van der Waals surface area contributed by atoms with Crippen molar-refractivity contribution in [2.75, 3.05) is 0 Å². The normalized spacial score (nSPS) is 13.0. The predicted molar refractivity (Wildman–Crippen MR) is 86.8 cm³/mol. The highest BCUT2D eigenvalue weighted by atomic mass is 127. The fourth-order valence-corrected chi connectivity index (χ4v) is 2.82. The zero-order valence-electron chi connectivity index (χ0n) is 11.4. The Morgan fingerprint density at radius 3 is 2.81 bits per heavy atom. The lowest BCUT2D eigenvalue weighted by atomic mass is 10.3. The number of fused-ring (bicyclic) bond motifs is 1. The molecule has 2 aromatic heterocycles. The van der Waals surface area contributed by atoms with Crippen molar-refractivity contribution in [3.8, 4) is 0 Å². The largest absolute Gasteiger partial charge is 0.319 e. The van der Waals surface area contributed by atoms with E-state index in [4.69, 9.17) is 11.6 Å². The van der Waals surface area contributed by atoms with Crippen molar-refractivity contribution < 1.29 is 4.39 Å². The van der Waals surface area contributed by atoms with Gasteiger partial charge < -0.3 is 4.57 Å². The standard InChI is InChI=1S/C13H12ClFIN5/c1-7(14)13-18-10-4-9(16)8(15)3-11(10)21(13)5-12-17-6-20(2)19-12/h3-4,6-7H,5H2,1-2H3. The van der Waals surface area contributed by atoms with Crippen LogP contribution in [0.2, 0.25) is 0 Å². The molecule has 3 aromatic rings. The maximum absolute atomic E-state index is 13.9. The molecule has 0 amide bonds. The van der Waals surface area contributed by atoms with Gasteiger partial charge in [0, 0.05) is 13.1 Å². The molecule has 1 atom stereocenters. The van der Waals surface area contributed by atoms with Crippen LogP contribution in [-0.2, 0) is 13.6 Å². The maximum atomic E-state index is 13.9. The van der Waals surface area contributed by atoms with Gasteiger partial charge in [0.25, 0.3) is 0 Å². The third-order valence-corrected chi connectivity index (χ3v) is 4.14. The number of aryl methyl sites for hydroxylation is 1. The SMILES string of the molecule is CC(Cl)c1nc2cc(I)c(F)cc2n1Cc1ncn(C)n1. The van der Waals surface area contributed by atoms with E-state index < -0.39 is 0 Å². The van der Waals surface area contributed by atoms with E-state index >= 15 is 0 Å². The molecular formula is C13H12ClFIN5. The Balaban J connectivity index is 2.17. The van der Waals surface area contributed by atoms with E-state index in [9.17, 15) is 4.39 Å². The van der Waals surface area contributed by atoms with Crippen molar-refractivity contribution in [3.63, 3.8) is 0 Å². The quantitative estimate of drug-likeness (QED) is 0.484. The van der Waals surface area contributed by atoms with E-state index in [0.29, 0.717) is 27.3 Å². The number of rotatable bonds is 3. The van der Waals surface area contributed by atoms with Gasteiger partial charge in [-0.15, -0.1) is 11.6 Å². The van der Waals surface area contributed by atoms with Crippen molar-refractivity contribution in [2.45, 2.75) is 18.8 Å². The first-order chi connectivity index (χ1) is 9.95. The van der Waals surface area contributed by atoms with E-state index in [1.54, 1.807) is 24.1 Å². The van der Waals surface area contributed by atoms with Gasteiger partial charge in [-0.3, -0.25) is 4.68 Å². The van der Waals surface area contributed by atoms with Crippen LogP contribution in [0.5, 0.6) is 0 Å². The van der Waals surface area contributed by atoms with Crippen LogP contribution >= 0.6 is 34.2 Å². The van der Waals surface area contributed by atoms with Crippen LogP contribution in [0.25, 0.3) is 11.0 Å². The Morgan fingerprint density at radius 1 is 1.43 bits per heavy atom. The summed E-state index contributed by atoms with van der Waals surface area (Å²) in [6, 6.07) is 3.20. The Labute approximate surface area is 139 Å². The van der Waals surface area contributed by atoms with Gasteiger partial charge in [-0.1, -0.05) is 0 Å². The molecule has 110 valence electrons.